The molecule has 26 heavy (non-hydrogen) atoms. The first-order valence-corrected chi connectivity index (χ1v) is 8.15. The standard InChI is InChI=1S/C18H16N4O4/c19-7-12-3-4-20-17(6-12)26-14-9-22(10-14)18(23)21-8-13-1-2-15-16(5-13)25-11-24-15/h1-6,14H,8-11H2,(H,21,23). The summed E-state index contributed by atoms with van der Waals surface area (Å²) < 4.78 is 16.3. The summed E-state index contributed by atoms with van der Waals surface area (Å²) in [4.78, 5) is 17.9. The lowest BCUT2D eigenvalue weighted by atomic mass is 10.1. The molecule has 4 rings (SSSR count). The maximum atomic E-state index is 12.2. The van der Waals surface area contributed by atoms with E-state index in [0.717, 1.165) is 11.3 Å². The van der Waals surface area contributed by atoms with Crippen molar-refractivity contribution in [3.05, 3.63) is 47.7 Å². The summed E-state index contributed by atoms with van der Waals surface area (Å²) in [5.74, 6) is 1.81. The molecule has 1 saturated heterocycles. The quantitative estimate of drug-likeness (QED) is 0.899. The number of carbonyl (C=O) groups is 1. The molecule has 0 aliphatic carbocycles. The van der Waals surface area contributed by atoms with E-state index in [1.165, 1.54) is 6.20 Å². The van der Waals surface area contributed by atoms with Gasteiger partial charge in [0.2, 0.25) is 12.7 Å². The Kier molecular flexibility index (Phi) is 4.19. The van der Waals surface area contributed by atoms with Gasteiger partial charge in [-0.15, -0.1) is 0 Å². The fourth-order valence-electron chi connectivity index (χ4n) is 2.73. The second-order valence-electron chi connectivity index (χ2n) is 5.99. The van der Waals surface area contributed by atoms with E-state index >= 15 is 0 Å². The molecule has 0 atom stereocenters. The second-order valence-corrected chi connectivity index (χ2v) is 5.99. The van der Waals surface area contributed by atoms with Crippen molar-refractivity contribution >= 4 is 6.03 Å². The Hall–Kier alpha value is -3.47. The van der Waals surface area contributed by atoms with Gasteiger partial charge in [0.15, 0.2) is 11.5 Å². The Morgan fingerprint density at radius 2 is 2.15 bits per heavy atom. The van der Waals surface area contributed by atoms with E-state index in [1.807, 2.05) is 24.3 Å². The van der Waals surface area contributed by atoms with Gasteiger partial charge in [-0.05, 0) is 23.8 Å². The van der Waals surface area contributed by atoms with E-state index in [1.54, 1.807) is 17.0 Å². The Labute approximate surface area is 149 Å². The van der Waals surface area contributed by atoms with E-state index in [2.05, 4.69) is 10.3 Å². The third-order valence-corrected chi connectivity index (χ3v) is 4.17. The Morgan fingerprint density at radius 1 is 1.31 bits per heavy atom. The van der Waals surface area contributed by atoms with Crippen molar-refractivity contribution in [1.29, 1.82) is 5.26 Å². The molecule has 2 amide bonds. The third kappa shape index (κ3) is 3.32. The number of nitriles is 1. The second kappa shape index (κ2) is 6.80. The predicted octanol–water partition coefficient (Wildman–Crippen LogP) is 1.65. The number of fused-ring (bicyclic) bond motifs is 1. The molecule has 8 nitrogen and oxygen atoms in total. The van der Waals surface area contributed by atoms with E-state index < -0.39 is 0 Å². The maximum Gasteiger partial charge on any atom is 0.317 e. The van der Waals surface area contributed by atoms with Gasteiger partial charge in [0.05, 0.1) is 24.7 Å². The van der Waals surface area contributed by atoms with Crippen molar-refractivity contribution in [1.82, 2.24) is 15.2 Å². The number of ether oxygens (including phenoxy) is 3. The summed E-state index contributed by atoms with van der Waals surface area (Å²) in [5, 5.41) is 11.7. The number of nitrogens with one attached hydrogen (secondary N) is 1. The fourth-order valence-corrected chi connectivity index (χ4v) is 2.73. The summed E-state index contributed by atoms with van der Waals surface area (Å²) in [6, 6.07) is 10.7. The van der Waals surface area contributed by atoms with Crippen LogP contribution in [0.1, 0.15) is 11.1 Å². The lowest BCUT2D eigenvalue weighted by Crippen LogP contribution is -2.58. The van der Waals surface area contributed by atoms with Gasteiger partial charge in [0.1, 0.15) is 6.10 Å². The first-order valence-electron chi connectivity index (χ1n) is 8.15. The molecule has 1 aromatic heterocycles. The Morgan fingerprint density at radius 3 is 3.00 bits per heavy atom. The molecule has 1 N–H and O–H groups in total. The molecular formula is C18H16N4O4. The van der Waals surface area contributed by atoms with Crippen LogP contribution in [0.25, 0.3) is 0 Å². The number of urea groups is 1. The number of amides is 2. The smallest absolute Gasteiger partial charge is 0.317 e. The number of rotatable bonds is 4. The van der Waals surface area contributed by atoms with Crippen LogP contribution in [0.3, 0.4) is 0 Å². The molecule has 2 aliphatic rings. The molecule has 0 saturated carbocycles. The van der Waals surface area contributed by atoms with Crippen molar-refractivity contribution < 1.29 is 19.0 Å². The number of likely N-dealkylation sites (tertiary alicyclic amines) is 1. The minimum atomic E-state index is -0.152. The molecule has 2 aromatic rings. The molecule has 3 heterocycles. The van der Waals surface area contributed by atoms with Gasteiger partial charge in [-0.1, -0.05) is 6.07 Å². The number of benzene rings is 1. The van der Waals surface area contributed by atoms with E-state index in [-0.39, 0.29) is 18.9 Å². The highest BCUT2D eigenvalue weighted by Gasteiger charge is 2.32. The van der Waals surface area contributed by atoms with Crippen molar-refractivity contribution in [3.8, 4) is 23.4 Å². The van der Waals surface area contributed by atoms with Crippen LogP contribution in [0, 0.1) is 11.3 Å². The number of hydrogen-bond donors (Lipinski definition) is 1. The van der Waals surface area contributed by atoms with Crippen molar-refractivity contribution in [2.45, 2.75) is 12.6 Å². The van der Waals surface area contributed by atoms with E-state index in [9.17, 15) is 4.79 Å². The third-order valence-electron chi connectivity index (χ3n) is 4.17. The molecule has 1 fully saturated rings. The Balaban J connectivity index is 1.24. The predicted molar refractivity (Wildman–Crippen MR) is 89.7 cm³/mol. The number of aromatic nitrogens is 1. The molecule has 8 heteroatoms. The van der Waals surface area contributed by atoms with Crippen LogP contribution in [-0.2, 0) is 6.54 Å². The first-order chi connectivity index (χ1) is 12.7. The van der Waals surface area contributed by atoms with Crippen LogP contribution in [0.5, 0.6) is 17.4 Å². The van der Waals surface area contributed by atoms with Gasteiger partial charge >= 0.3 is 6.03 Å². The van der Waals surface area contributed by atoms with Gasteiger partial charge in [-0.25, -0.2) is 9.78 Å². The summed E-state index contributed by atoms with van der Waals surface area (Å²) in [6.45, 7) is 1.59. The van der Waals surface area contributed by atoms with Crippen LogP contribution < -0.4 is 19.5 Å². The molecule has 0 bridgehead atoms. The monoisotopic (exact) mass is 352 g/mol. The van der Waals surface area contributed by atoms with Crippen LogP contribution >= 0.6 is 0 Å². The number of carbonyl (C=O) groups excluding carboxylic acids is 1. The lowest BCUT2D eigenvalue weighted by Gasteiger charge is -2.38. The largest absolute Gasteiger partial charge is 0.471 e. The van der Waals surface area contributed by atoms with Gasteiger partial charge in [0, 0.05) is 18.8 Å². The summed E-state index contributed by atoms with van der Waals surface area (Å²) in [6.07, 6.45) is 1.41. The van der Waals surface area contributed by atoms with Gasteiger partial charge in [-0.2, -0.15) is 5.26 Å². The zero-order valence-corrected chi connectivity index (χ0v) is 13.8. The fraction of sp³-hybridized carbons (Fsp3) is 0.278. The number of pyridine rings is 1. The molecule has 0 radical (unpaired) electrons. The SMILES string of the molecule is N#Cc1ccnc(OC2CN(C(=O)NCc3ccc4c(c3)OCO4)C2)c1. The van der Waals surface area contributed by atoms with Crippen molar-refractivity contribution in [2.24, 2.45) is 0 Å². The highest BCUT2D eigenvalue weighted by Crippen LogP contribution is 2.32. The molecule has 0 unspecified atom stereocenters. The van der Waals surface area contributed by atoms with Crippen molar-refractivity contribution in [3.63, 3.8) is 0 Å². The highest BCUT2D eigenvalue weighted by molar-refractivity contribution is 5.75. The van der Waals surface area contributed by atoms with E-state index in [4.69, 9.17) is 19.5 Å². The summed E-state index contributed by atoms with van der Waals surface area (Å²) >= 11 is 0. The minimum Gasteiger partial charge on any atom is -0.471 e. The van der Waals surface area contributed by atoms with Gasteiger partial charge < -0.3 is 24.4 Å². The zero-order chi connectivity index (χ0) is 17.9. The molecule has 132 valence electrons. The molecule has 2 aliphatic heterocycles. The molecular weight excluding hydrogens is 336 g/mol. The minimum absolute atomic E-state index is 0.118. The lowest BCUT2D eigenvalue weighted by molar-refractivity contribution is 0.0413. The summed E-state index contributed by atoms with van der Waals surface area (Å²) in [5.41, 5.74) is 1.43. The number of nitrogens with zero attached hydrogens (tertiary/aromatic N) is 3. The van der Waals surface area contributed by atoms with Crippen molar-refractivity contribution in [2.75, 3.05) is 19.9 Å². The van der Waals surface area contributed by atoms with Gasteiger partial charge in [0.25, 0.3) is 0 Å². The average molecular weight is 352 g/mol. The van der Waals surface area contributed by atoms with Crippen LogP contribution in [0.2, 0.25) is 0 Å². The van der Waals surface area contributed by atoms with Crippen LogP contribution in [0.4, 0.5) is 4.79 Å². The molecule has 1 aromatic carbocycles. The van der Waals surface area contributed by atoms with Crippen LogP contribution in [-0.4, -0.2) is 41.9 Å². The Bertz CT molecular complexity index is 874. The highest BCUT2D eigenvalue weighted by atomic mass is 16.7. The molecule has 0 spiro atoms. The average Bonchev–Trinajstić information content (AvgIpc) is 3.10. The van der Waals surface area contributed by atoms with Gasteiger partial charge in [-0.3, -0.25) is 0 Å². The summed E-state index contributed by atoms with van der Waals surface area (Å²) in [7, 11) is 0. The normalized spacial score (nSPS) is 15.1. The zero-order valence-electron chi connectivity index (χ0n) is 13.8. The van der Waals surface area contributed by atoms with E-state index in [0.29, 0.717) is 36.8 Å². The first kappa shape index (κ1) is 16.0. The van der Waals surface area contributed by atoms with Crippen LogP contribution in [0.15, 0.2) is 36.5 Å². The maximum absolute atomic E-state index is 12.2. The topological polar surface area (TPSA) is 96.7 Å². The number of hydrogen-bond acceptors (Lipinski definition) is 6.